The van der Waals surface area contributed by atoms with Gasteiger partial charge in [-0.25, -0.2) is 19.0 Å². The molecule has 40 heavy (non-hydrogen) atoms. The number of esters is 1. The van der Waals surface area contributed by atoms with E-state index >= 15 is 0 Å². The predicted octanol–water partition coefficient (Wildman–Crippen LogP) is 6.58. The summed E-state index contributed by atoms with van der Waals surface area (Å²) in [4.78, 5) is 32.1. The third-order valence-electron chi connectivity index (χ3n) is 10.3. The first-order valence-corrected chi connectivity index (χ1v) is 15.5. The Morgan fingerprint density at radius 1 is 1.05 bits per heavy atom. The first-order chi connectivity index (χ1) is 19.4. The summed E-state index contributed by atoms with van der Waals surface area (Å²) in [5.41, 5.74) is 1.56. The summed E-state index contributed by atoms with van der Waals surface area (Å²) in [5, 5.41) is 14.6. The molecule has 4 saturated carbocycles. The van der Waals surface area contributed by atoms with Gasteiger partial charge in [-0.1, -0.05) is 16.5 Å². The number of thiazole rings is 1. The highest BCUT2D eigenvalue weighted by atomic mass is 32.1. The van der Waals surface area contributed by atoms with Crippen LogP contribution in [0.5, 0.6) is 0 Å². The van der Waals surface area contributed by atoms with E-state index in [9.17, 15) is 19.1 Å². The highest BCUT2D eigenvalue weighted by Crippen LogP contribution is 2.54. The summed E-state index contributed by atoms with van der Waals surface area (Å²) in [6.07, 6.45) is 12.0. The number of carboxylic acid groups (broad SMARTS) is 1. The van der Waals surface area contributed by atoms with Gasteiger partial charge in [-0.05, 0) is 82.3 Å². The second-order valence-corrected chi connectivity index (χ2v) is 13.7. The Hall–Kier alpha value is -3.01. The first kappa shape index (κ1) is 24.8. The molecule has 9 rings (SSSR count). The molecule has 2 aromatic heterocycles. The molecular weight excluding hydrogens is 533 g/mol. The van der Waals surface area contributed by atoms with Crippen LogP contribution in [0.4, 0.5) is 9.52 Å². The predicted molar refractivity (Wildman–Crippen MR) is 146 cm³/mol. The van der Waals surface area contributed by atoms with Crippen molar-refractivity contribution in [3.63, 3.8) is 0 Å². The monoisotopic (exact) mass is 565 g/mol. The minimum atomic E-state index is -1.16. The average molecular weight is 566 g/mol. The molecule has 1 aromatic carbocycles. The van der Waals surface area contributed by atoms with Crippen molar-refractivity contribution >= 4 is 38.6 Å². The lowest BCUT2D eigenvalue weighted by Gasteiger charge is -2.45. The van der Waals surface area contributed by atoms with E-state index in [1.165, 1.54) is 36.7 Å². The number of carboxylic acids is 1. The van der Waals surface area contributed by atoms with Crippen LogP contribution in [0.3, 0.4) is 0 Å². The van der Waals surface area contributed by atoms with Gasteiger partial charge in [0.25, 0.3) is 0 Å². The van der Waals surface area contributed by atoms with Crippen LogP contribution in [0.2, 0.25) is 0 Å². The molecule has 4 bridgehead atoms. The molecule has 0 amide bonds. The van der Waals surface area contributed by atoms with Gasteiger partial charge in [-0.2, -0.15) is 0 Å². The van der Waals surface area contributed by atoms with Gasteiger partial charge in [-0.15, -0.1) is 0 Å². The van der Waals surface area contributed by atoms with E-state index < -0.39 is 11.8 Å². The van der Waals surface area contributed by atoms with Gasteiger partial charge in [0, 0.05) is 36.3 Å². The lowest BCUT2D eigenvalue weighted by atomic mass is 9.59. The van der Waals surface area contributed by atoms with Gasteiger partial charge in [-0.3, -0.25) is 0 Å². The average Bonchev–Trinajstić information content (AvgIpc) is 3.43. The Morgan fingerprint density at radius 3 is 2.40 bits per heavy atom. The third-order valence-corrected chi connectivity index (χ3v) is 11.4. The lowest BCUT2D eigenvalue weighted by Crippen LogP contribution is -2.46. The maximum absolute atomic E-state index is 14.6. The number of fused-ring (bicyclic) bond motifs is 6. The Labute approximate surface area is 234 Å². The number of aromatic carboxylic acids is 1. The topological polar surface area (TPSA) is 106 Å². The molecule has 6 fully saturated rings. The fraction of sp³-hybridized carbons (Fsp3) is 0.600. The number of hydrogen-bond acceptors (Lipinski definition) is 8. The van der Waals surface area contributed by atoms with Crippen molar-refractivity contribution in [3.05, 3.63) is 40.5 Å². The number of halogens is 1. The quantitative estimate of drug-likeness (QED) is 0.334. The van der Waals surface area contributed by atoms with Crippen molar-refractivity contribution in [2.45, 2.75) is 107 Å². The van der Waals surface area contributed by atoms with Crippen LogP contribution < -0.4 is 4.90 Å². The Balaban J connectivity index is 1.03. The van der Waals surface area contributed by atoms with E-state index in [1.54, 1.807) is 0 Å². The van der Waals surface area contributed by atoms with Crippen molar-refractivity contribution in [3.8, 4) is 0 Å². The molecule has 2 saturated heterocycles. The molecule has 1 unspecified atom stereocenters. The van der Waals surface area contributed by atoms with E-state index in [-0.39, 0.29) is 46.6 Å². The molecule has 1 N–H and O–H groups in total. The molecule has 210 valence electrons. The molecule has 0 radical (unpaired) electrons. The zero-order valence-electron chi connectivity index (χ0n) is 22.2. The van der Waals surface area contributed by atoms with Gasteiger partial charge >= 0.3 is 11.9 Å². The smallest absolute Gasteiger partial charge is 0.344 e. The zero-order valence-corrected chi connectivity index (χ0v) is 23.1. The Morgan fingerprint density at radius 2 is 1.75 bits per heavy atom. The molecule has 3 atom stereocenters. The first-order valence-electron chi connectivity index (χ1n) is 14.7. The number of piperidine rings is 1. The van der Waals surface area contributed by atoms with Gasteiger partial charge in [0.2, 0.25) is 0 Å². The van der Waals surface area contributed by atoms with Crippen LogP contribution in [-0.4, -0.2) is 45.4 Å². The molecule has 4 heterocycles. The molecule has 0 spiro atoms. The van der Waals surface area contributed by atoms with E-state index in [2.05, 4.69) is 15.0 Å². The molecule has 8 nitrogen and oxygen atoms in total. The van der Waals surface area contributed by atoms with Crippen molar-refractivity contribution in [1.29, 1.82) is 0 Å². The summed E-state index contributed by atoms with van der Waals surface area (Å²) >= 11 is 1.33. The van der Waals surface area contributed by atoms with Crippen molar-refractivity contribution in [2.24, 2.45) is 5.92 Å². The SMILES string of the molecule is O=C(O)c1cc(F)c2nc(N3[C@@H]4CC[C@H]3CC(OC(=O)c3c(C56CCC(CC5)CC6)noc3C3CC3)C4)sc2c1. The number of carbonyl (C=O) groups excluding carboxylic acids is 1. The Bertz CT molecular complexity index is 1490. The summed E-state index contributed by atoms with van der Waals surface area (Å²) < 4.78 is 27.3. The highest BCUT2D eigenvalue weighted by molar-refractivity contribution is 7.22. The molecule has 10 heteroatoms. The van der Waals surface area contributed by atoms with Crippen LogP contribution in [0.1, 0.15) is 115 Å². The molecule has 6 aliphatic rings. The maximum atomic E-state index is 14.6. The number of carbonyl (C=O) groups is 2. The maximum Gasteiger partial charge on any atom is 0.344 e. The summed E-state index contributed by atoms with van der Waals surface area (Å²) in [6, 6.07) is 2.79. The van der Waals surface area contributed by atoms with Crippen LogP contribution >= 0.6 is 11.3 Å². The van der Waals surface area contributed by atoms with Gasteiger partial charge in [0.15, 0.2) is 16.7 Å². The molecule has 2 aliphatic heterocycles. The largest absolute Gasteiger partial charge is 0.478 e. The zero-order chi connectivity index (χ0) is 27.2. The van der Waals surface area contributed by atoms with E-state index in [4.69, 9.17) is 9.26 Å². The van der Waals surface area contributed by atoms with Gasteiger partial charge in [0.05, 0.1) is 10.3 Å². The third kappa shape index (κ3) is 3.89. The summed E-state index contributed by atoms with van der Waals surface area (Å²) in [6.45, 7) is 0. The van der Waals surface area contributed by atoms with E-state index in [1.807, 2.05) is 0 Å². The molecular formula is C30H32FN3O5S. The van der Waals surface area contributed by atoms with Crippen molar-refractivity contribution < 1.29 is 28.3 Å². The van der Waals surface area contributed by atoms with E-state index in [0.717, 1.165) is 68.4 Å². The number of rotatable bonds is 6. The number of ether oxygens (including phenoxy) is 1. The normalized spacial score (nSPS) is 31.2. The van der Waals surface area contributed by atoms with E-state index in [0.29, 0.717) is 28.2 Å². The number of nitrogens with zero attached hydrogens (tertiary/aromatic N) is 3. The van der Waals surface area contributed by atoms with Crippen molar-refractivity contribution in [2.75, 3.05) is 4.90 Å². The summed E-state index contributed by atoms with van der Waals surface area (Å²) in [7, 11) is 0. The van der Waals surface area contributed by atoms with Crippen LogP contribution in [0.15, 0.2) is 16.7 Å². The van der Waals surface area contributed by atoms with Gasteiger partial charge in [0.1, 0.15) is 22.9 Å². The fourth-order valence-electron chi connectivity index (χ4n) is 8.05. The standard InChI is InChI=1S/C30H32FN3O5S/c31-21-11-17(27(35)36)12-22-24(21)32-29(40-22)34-18-3-4-19(34)14-20(13-18)38-28(37)23-25(16-1-2-16)39-33-26(23)30-8-5-15(6-9-30)7-10-30/h11-12,15-16,18-20H,1-10,13-14H2,(H,35,36)/t15?,18-,19+,20?,30?. The van der Waals surface area contributed by atoms with Crippen molar-refractivity contribution in [1.82, 2.24) is 10.1 Å². The number of anilines is 1. The second kappa shape index (κ2) is 8.99. The molecule has 3 aromatic rings. The Kier molecular flexibility index (Phi) is 5.57. The number of aromatic nitrogens is 2. The minimum Gasteiger partial charge on any atom is -0.478 e. The number of hydrogen-bond donors (Lipinski definition) is 1. The lowest BCUT2D eigenvalue weighted by molar-refractivity contribution is 0.0195. The minimum absolute atomic E-state index is 0.0508. The van der Waals surface area contributed by atoms with Crippen LogP contribution in [-0.2, 0) is 10.2 Å². The summed E-state index contributed by atoms with van der Waals surface area (Å²) in [5.74, 6) is -0.218. The van der Waals surface area contributed by atoms with Crippen LogP contribution in [0, 0.1) is 11.7 Å². The van der Waals surface area contributed by atoms with Crippen LogP contribution in [0.25, 0.3) is 10.2 Å². The number of benzene rings is 1. The highest BCUT2D eigenvalue weighted by Gasteiger charge is 2.49. The van der Waals surface area contributed by atoms with Gasteiger partial charge < -0.3 is 19.3 Å². The molecule has 4 aliphatic carbocycles. The second-order valence-electron chi connectivity index (χ2n) is 12.7. The fourth-order valence-corrected chi connectivity index (χ4v) is 9.21.